The molecule has 4 aromatic rings. The molecule has 0 bridgehead atoms. The normalized spacial score (nSPS) is 14.2. The lowest BCUT2D eigenvalue weighted by molar-refractivity contribution is -0.140. The molecule has 0 unspecified atom stereocenters. The number of fused-ring (bicyclic) bond motifs is 1. The Morgan fingerprint density at radius 1 is 1.02 bits per heavy atom. The van der Waals surface area contributed by atoms with E-state index in [1.54, 1.807) is 42.5 Å². The zero-order valence-corrected chi connectivity index (χ0v) is 24.1. The summed E-state index contributed by atoms with van der Waals surface area (Å²) < 4.78 is 27.2. The SMILES string of the molecule is N#Cc1cc(C#N)cc(COc2cc(O[C@H]3CCc4c(-c5ccccc5F)cccc43)c(Cl)cc2CN[C@@H](CO)C(=O)O)c1. The molecule has 0 spiro atoms. The largest absolute Gasteiger partial charge is 0.488 e. The van der Waals surface area contributed by atoms with E-state index in [1.807, 2.05) is 30.3 Å². The molecule has 8 nitrogen and oxygen atoms in total. The molecular weight excluding hydrogens is 585 g/mol. The zero-order chi connectivity index (χ0) is 31.2. The summed E-state index contributed by atoms with van der Waals surface area (Å²) in [5, 5.41) is 40.5. The van der Waals surface area contributed by atoms with Crippen LogP contribution >= 0.6 is 11.6 Å². The fraction of sp³-hybridized carbons (Fsp3) is 0.206. The molecular formula is C34H27ClFN3O5. The van der Waals surface area contributed by atoms with Crippen molar-refractivity contribution in [1.29, 1.82) is 10.5 Å². The van der Waals surface area contributed by atoms with Gasteiger partial charge in [0.25, 0.3) is 0 Å². The van der Waals surface area contributed by atoms with E-state index in [4.69, 9.17) is 21.1 Å². The van der Waals surface area contributed by atoms with Crippen molar-refractivity contribution in [3.05, 3.63) is 117 Å². The topological polar surface area (TPSA) is 136 Å². The first-order chi connectivity index (χ1) is 21.3. The van der Waals surface area contributed by atoms with Gasteiger partial charge in [0.05, 0.1) is 34.9 Å². The molecule has 0 radical (unpaired) electrons. The van der Waals surface area contributed by atoms with Gasteiger partial charge in [-0.25, -0.2) is 4.39 Å². The van der Waals surface area contributed by atoms with Crippen molar-refractivity contribution in [2.24, 2.45) is 0 Å². The van der Waals surface area contributed by atoms with E-state index in [9.17, 15) is 29.9 Å². The maximum Gasteiger partial charge on any atom is 0.323 e. The van der Waals surface area contributed by atoms with Gasteiger partial charge in [0.2, 0.25) is 0 Å². The number of aliphatic hydroxyl groups is 1. The molecule has 10 heteroatoms. The van der Waals surface area contributed by atoms with Crippen molar-refractivity contribution in [2.75, 3.05) is 6.61 Å². The van der Waals surface area contributed by atoms with Crippen LogP contribution in [0.5, 0.6) is 11.5 Å². The Morgan fingerprint density at radius 2 is 1.75 bits per heavy atom. The van der Waals surface area contributed by atoms with Crippen LogP contribution in [0.15, 0.2) is 72.8 Å². The molecule has 4 aromatic carbocycles. The molecule has 1 aliphatic rings. The van der Waals surface area contributed by atoms with E-state index in [2.05, 4.69) is 5.32 Å². The minimum atomic E-state index is -1.21. The number of carboxylic acids is 1. The summed E-state index contributed by atoms with van der Waals surface area (Å²) >= 11 is 6.67. The third-order valence-corrected chi connectivity index (χ3v) is 7.72. The number of aliphatic carboxylic acids is 1. The lowest BCUT2D eigenvalue weighted by Gasteiger charge is -2.20. The van der Waals surface area contributed by atoms with Gasteiger partial charge in [-0.05, 0) is 65.4 Å². The Kier molecular flexibility index (Phi) is 9.42. The third kappa shape index (κ3) is 6.66. The molecule has 0 fully saturated rings. The quantitative estimate of drug-likeness (QED) is 0.186. The molecule has 5 rings (SSSR count). The molecule has 0 saturated carbocycles. The number of ether oxygens (including phenoxy) is 2. The number of nitrogens with one attached hydrogen (secondary N) is 1. The summed E-state index contributed by atoms with van der Waals surface area (Å²) in [6.45, 7) is -0.611. The highest BCUT2D eigenvalue weighted by Gasteiger charge is 2.28. The van der Waals surface area contributed by atoms with Crippen LogP contribution in [0, 0.1) is 28.5 Å². The van der Waals surface area contributed by atoms with Gasteiger partial charge >= 0.3 is 5.97 Å². The van der Waals surface area contributed by atoms with E-state index in [-0.39, 0.29) is 30.1 Å². The highest BCUT2D eigenvalue weighted by Crippen LogP contribution is 2.43. The molecule has 0 aliphatic heterocycles. The lowest BCUT2D eigenvalue weighted by Crippen LogP contribution is -2.39. The van der Waals surface area contributed by atoms with Gasteiger partial charge in [0.15, 0.2) is 0 Å². The van der Waals surface area contributed by atoms with Gasteiger partial charge in [0, 0.05) is 23.7 Å². The highest BCUT2D eigenvalue weighted by atomic mass is 35.5. The van der Waals surface area contributed by atoms with Gasteiger partial charge in [-0.2, -0.15) is 10.5 Å². The first-order valence-electron chi connectivity index (χ1n) is 13.8. The van der Waals surface area contributed by atoms with E-state index in [0.717, 1.165) is 16.7 Å². The second kappa shape index (κ2) is 13.6. The van der Waals surface area contributed by atoms with Gasteiger partial charge < -0.3 is 19.7 Å². The number of halogens is 2. The van der Waals surface area contributed by atoms with Crippen LogP contribution in [0.4, 0.5) is 4.39 Å². The van der Waals surface area contributed by atoms with E-state index >= 15 is 0 Å². The number of carboxylic acid groups (broad SMARTS) is 1. The molecule has 222 valence electrons. The summed E-state index contributed by atoms with van der Waals surface area (Å²) in [7, 11) is 0. The second-order valence-electron chi connectivity index (χ2n) is 10.3. The number of carbonyl (C=O) groups is 1. The van der Waals surface area contributed by atoms with Crippen molar-refractivity contribution >= 4 is 17.6 Å². The van der Waals surface area contributed by atoms with Crippen LogP contribution < -0.4 is 14.8 Å². The maximum atomic E-state index is 14.6. The fourth-order valence-corrected chi connectivity index (χ4v) is 5.52. The highest BCUT2D eigenvalue weighted by molar-refractivity contribution is 6.32. The predicted octanol–water partition coefficient (Wildman–Crippen LogP) is 6.07. The Balaban J connectivity index is 1.45. The summed E-state index contributed by atoms with van der Waals surface area (Å²) in [4.78, 5) is 11.4. The van der Waals surface area contributed by atoms with Crippen LogP contribution in [-0.2, 0) is 24.4 Å². The number of aliphatic hydroxyl groups excluding tert-OH is 1. The zero-order valence-electron chi connectivity index (χ0n) is 23.4. The molecule has 44 heavy (non-hydrogen) atoms. The van der Waals surface area contributed by atoms with Crippen LogP contribution in [0.25, 0.3) is 11.1 Å². The minimum absolute atomic E-state index is 0.00110. The van der Waals surface area contributed by atoms with Gasteiger partial charge in [0.1, 0.15) is 36.1 Å². The predicted molar refractivity (Wildman–Crippen MR) is 161 cm³/mol. The van der Waals surface area contributed by atoms with E-state index < -0.39 is 18.6 Å². The van der Waals surface area contributed by atoms with Crippen LogP contribution in [-0.4, -0.2) is 28.8 Å². The first-order valence-corrected chi connectivity index (χ1v) is 14.2. The molecule has 2 atom stereocenters. The van der Waals surface area contributed by atoms with Crippen LogP contribution in [0.2, 0.25) is 5.02 Å². The summed E-state index contributed by atoms with van der Waals surface area (Å²) in [5.41, 5.74) is 4.99. The summed E-state index contributed by atoms with van der Waals surface area (Å²) in [6.07, 6.45) is 0.967. The maximum absolute atomic E-state index is 14.6. The molecule has 0 aromatic heterocycles. The molecule has 1 aliphatic carbocycles. The fourth-order valence-electron chi connectivity index (χ4n) is 5.29. The second-order valence-corrected chi connectivity index (χ2v) is 10.7. The molecule has 0 heterocycles. The standard InChI is InChI=1S/C34H27ClFN3O5/c35-28-13-23(17-39-30(18-40)34(41)42)32(43-19-22-11-20(15-37)10-21(12-22)16-38)14-33(28)44-31-9-8-25-24(5-3-6-27(25)31)26-4-1-2-7-29(26)36/h1-7,10-14,30-31,39-40H,8-9,17-19H2,(H,41,42)/t30-,31-/m0/s1. The number of nitrogens with zero attached hydrogens (tertiary/aromatic N) is 2. The molecule has 0 saturated heterocycles. The first kappa shape index (κ1) is 30.5. The molecule has 0 amide bonds. The summed E-state index contributed by atoms with van der Waals surface area (Å²) in [5.74, 6) is -0.848. The Labute approximate surface area is 258 Å². The average Bonchev–Trinajstić information content (AvgIpc) is 3.44. The van der Waals surface area contributed by atoms with E-state index in [1.165, 1.54) is 12.1 Å². The van der Waals surface area contributed by atoms with Crippen LogP contribution in [0.3, 0.4) is 0 Å². The monoisotopic (exact) mass is 611 g/mol. The third-order valence-electron chi connectivity index (χ3n) is 7.43. The Hall–Kier alpha value is -4.93. The van der Waals surface area contributed by atoms with Gasteiger partial charge in [-0.1, -0.05) is 48.0 Å². The van der Waals surface area contributed by atoms with Crippen molar-refractivity contribution in [3.8, 4) is 34.8 Å². The van der Waals surface area contributed by atoms with Crippen molar-refractivity contribution in [3.63, 3.8) is 0 Å². The number of nitriles is 2. The van der Waals surface area contributed by atoms with Crippen molar-refractivity contribution in [1.82, 2.24) is 5.32 Å². The van der Waals surface area contributed by atoms with Gasteiger partial charge in [-0.3, -0.25) is 10.1 Å². The Bertz CT molecular complexity index is 1770. The number of hydrogen-bond acceptors (Lipinski definition) is 7. The van der Waals surface area contributed by atoms with Crippen LogP contribution in [0.1, 0.15) is 45.9 Å². The van der Waals surface area contributed by atoms with Crippen molar-refractivity contribution in [2.45, 2.75) is 38.1 Å². The Morgan fingerprint density at radius 3 is 2.43 bits per heavy atom. The number of benzene rings is 4. The summed E-state index contributed by atoms with van der Waals surface area (Å²) in [6, 6.07) is 23.2. The van der Waals surface area contributed by atoms with Crippen molar-refractivity contribution < 1.29 is 28.9 Å². The number of hydrogen-bond donors (Lipinski definition) is 3. The number of rotatable bonds is 11. The smallest absolute Gasteiger partial charge is 0.323 e. The van der Waals surface area contributed by atoms with Gasteiger partial charge in [-0.15, -0.1) is 0 Å². The lowest BCUT2D eigenvalue weighted by atomic mass is 9.96. The minimum Gasteiger partial charge on any atom is -0.488 e. The molecule has 3 N–H and O–H groups in total. The van der Waals surface area contributed by atoms with E-state index in [0.29, 0.717) is 52.2 Å². The average molecular weight is 612 g/mol.